The predicted octanol–water partition coefficient (Wildman–Crippen LogP) is 11.6. The average molecular weight is 563 g/mol. The summed E-state index contributed by atoms with van der Waals surface area (Å²) in [6.07, 6.45) is 9.66. The Balaban J connectivity index is 1.29. The molecule has 0 saturated carbocycles. The van der Waals surface area contributed by atoms with Crippen LogP contribution in [0.2, 0.25) is 0 Å². The molecule has 0 fully saturated rings. The van der Waals surface area contributed by atoms with Gasteiger partial charge in [0.15, 0.2) is 0 Å². The summed E-state index contributed by atoms with van der Waals surface area (Å²) in [5, 5.41) is 5.76. The highest BCUT2D eigenvalue weighted by Crippen LogP contribution is 2.61. The molecule has 0 saturated heterocycles. The van der Waals surface area contributed by atoms with Crippen molar-refractivity contribution >= 4 is 49.8 Å². The minimum atomic E-state index is -0.0636. The van der Waals surface area contributed by atoms with Crippen molar-refractivity contribution in [1.82, 2.24) is 0 Å². The minimum Gasteiger partial charge on any atom is -0.140 e. The van der Waals surface area contributed by atoms with Crippen LogP contribution in [0.25, 0.3) is 59.8 Å². The van der Waals surface area contributed by atoms with Crippen molar-refractivity contribution in [1.29, 1.82) is 0 Å². The van der Waals surface area contributed by atoms with Crippen molar-refractivity contribution in [2.75, 3.05) is 0 Å². The molecular weight excluding hydrogens is 533 g/mol. The third-order valence-electron chi connectivity index (χ3n) is 9.84. The monoisotopic (exact) mass is 562 g/mol. The van der Waals surface area contributed by atoms with Crippen LogP contribution in [-0.4, -0.2) is 0 Å². The first-order chi connectivity index (χ1) is 20.1. The maximum absolute atomic E-state index is 2.57. The molecule has 2 aromatic heterocycles. The molecule has 3 aliphatic carbocycles. The van der Waals surface area contributed by atoms with Gasteiger partial charge in [-0.2, -0.15) is 0 Å². The molecule has 9 rings (SSSR count). The molecule has 2 heterocycles. The van der Waals surface area contributed by atoms with E-state index in [1.807, 2.05) is 22.7 Å². The molecular formula is C39H30S2. The fourth-order valence-electron chi connectivity index (χ4n) is 7.88. The molecule has 0 N–H and O–H groups in total. The van der Waals surface area contributed by atoms with Gasteiger partial charge >= 0.3 is 0 Å². The second-order valence-corrected chi connectivity index (χ2v) is 14.3. The van der Waals surface area contributed by atoms with E-state index in [1.54, 1.807) is 0 Å². The van der Waals surface area contributed by atoms with Crippen LogP contribution in [0.15, 0.2) is 97.1 Å². The molecule has 0 amide bonds. The summed E-state index contributed by atoms with van der Waals surface area (Å²) in [5.74, 6) is 0.332. The van der Waals surface area contributed by atoms with Gasteiger partial charge in [-0.1, -0.05) is 87.5 Å². The van der Waals surface area contributed by atoms with Gasteiger partial charge in [-0.3, -0.25) is 0 Å². The largest absolute Gasteiger partial charge is 0.140 e. The highest BCUT2D eigenvalue weighted by Gasteiger charge is 2.45. The Kier molecular flexibility index (Phi) is 4.91. The number of hydrogen-bond donors (Lipinski definition) is 0. The van der Waals surface area contributed by atoms with E-state index in [-0.39, 0.29) is 5.41 Å². The smallest absolute Gasteiger partial charge is 0.0345 e. The van der Waals surface area contributed by atoms with Gasteiger partial charge in [0.1, 0.15) is 0 Å². The van der Waals surface area contributed by atoms with Gasteiger partial charge < -0.3 is 0 Å². The van der Waals surface area contributed by atoms with Crippen LogP contribution >= 0.6 is 22.7 Å². The standard InChI is InChI=1S/C39H30S2/c1-4-24-14-18-33(40-24)22-12-16-27-30(20-22)26-8-6-9-28-35(26)36(27)29-10-7-11-31-37(29)38(28)32-17-13-23(21-39(31,32)3)34-19-15-25(5-2)41-34/h6-21,32H,4-5H2,1-3H3. The molecule has 198 valence electrons. The first-order valence-electron chi connectivity index (χ1n) is 14.8. The van der Waals surface area contributed by atoms with Crippen LogP contribution in [-0.2, 0) is 18.3 Å². The van der Waals surface area contributed by atoms with E-state index >= 15 is 0 Å². The third kappa shape index (κ3) is 3.10. The van der Waals surface area contributed by atoms with E-state index in [9.17, 15) is 0 Å². The third-order valence-corrected chi connectivity index (χ3v) is 12.4. The highest BCUT2D eigenvalue weighted by molar-refractivity contribution is 7.15. The zero-order valence-electron chi connectivity index (χ0n) is 23.5. The first kappa shape index (κ1) is 23.9. The van der Waals surface area contributed by atoms with Crippen molar-refractivity contribution in [3.05, 3.63) is 123 Å². The number of hydrogen-bond acceptors (Lipinski definition) is 2. The fourth-order valence-corrected chi connectivity index (χ4v) is 9.77. The van der Waals surface area contributed by atoms with Gasteiger partial charge in [-0.15, -0.1) is 22.7 Å². The van der Waals surface area contributed by atoms with E-state index in [4.69, 9.17) is 0 Å². The van der Waals surface area contributed by atoms with Gasteiger partial charge in [0.05, 0.1) is 0 Å². The molecule has 0 aliphatic heterocycles. The summed E-state index contributed by atoms with van der Waals surface area (Å²) < 4.78 is 0. The van der Waals surface area contributed by atoms with Crippen LogP contribution in [0.3, 0.4) is 0 Å². The van der Waals surface area contributed by atoms with E-state index in [0.717, 1.165) is 12.8 Å². The number of fused-ring (bicyclic) bond motifs is 8. The van der Waals surface area contributed by atoms with Gasteiger partial charge in [-0.05, 0) is 109 Å². The van der Waals surface area contributed by atoms with Crippen molar-refractivity contribution in [2.45, 2.75) is 44.9 Å². The number of aryl methyl sites for hydroxylation is 2. The zero-order valence-corrected chi connectivity index (χ0v) is 25.2. The van der Waals surface area contributed by atoms with Gasteiger partial charge in [-0.25, -0.2) is 0 Å². The molecule has 3 aliphatic rings. The van der Waals surface area contributed by atoms with E-state index in [0.29, 0.717) is 5.92 Å². The molecule has 4 aromatic carbocycles. The maximum atomic E-state index is 2.57. The average Bonchev–Trinajstić information content (AvgIpc) is 3.79. The fraction of sp³-hybridized carbons (Fsp3) is 0.179. The van der Waals surface area contributed by atoms with Gasteiger partial charge in [0.25, 0.3) is 0 Å². The van der Waals surface area contributed by atoms with Crippen molar-refractivity contribution in [3.8, 4) is 32.7 Å². The molecule has 2 unspecified atom stereocenters. The van der Waals surface area contributed by atoms with E-state index < -0.39 is 0 Å². The van der Waals surface area contributed by atoms with Crippen LogP contribution < -0.4 is 0 Å². The van der Waals surface area contributed by atoms with Crippen molar-refractivity contribution < 1.29 is 0 Å². The summed E-state index contributed by atoms with van der Waals surface area (Å²) >= 11 is 3.86. The summed E-state index contributed by atoms with van der Waals surface area (Å²) in [5.41, 5.74) is 11.2. The number of thiophene rings is 2. The summed E-state index contributed by atoms with van der Waals surface area (Å²) in [6.45, 7) is 6.96. The first-order valence-corrected chi connectivity index (χ1v) is 16.5. The van der Waals surface area contributed by atoms with Crippen LogP contribution in [0, 0.1) is 0 Å². The Hall–Kier alpha value is -3.72. The summed E-state index contributed by atoms with van der Waals surface area (Å²) in [4.78, 5) is 5.65. The normalized spacial score (nSPS) is 19.7. The Morgan fingerprint density at radius 3 is 2.27 bits per heavy atom. The lowest BCUT2D eigenvalue weighted by atomic mass is 9.70. The van der Waals surface area contributed by atoms with Gasteiger partial charge in [0.2, 0.25) is 0 Å². The second-order valence-electron chi connectivity index (χ2n) is 12.0. The van der Waals surface area contributed by atoms with Crippen LogP contribution in [0.5, 0.6) is 0 Å². The van der Waals surface area contributed by atoms with Gasteiger partial charge in [0, 0.05) is 30.8 Å². The molecule has 0 spiro atoms. The molecule has 2 atom stereocenters. The number of allylic oxidation sites excluding steroid dienone is 4. The summed E-state index contributed by atoms with van der Waals surface area (Å²) in [6, 6.07) is 30.5. The molecule has 6 aromatic rings. The quantitative estimate of drug-likeness (QED) is 0.187. The number of rotatable bonds is 4. The lowest BCUT2D eigenvalue weighted by Crippen LogP contribution is -2.25. The topological polar surface area (TPSA) is 0 Å². The molecule has 0 nitrogen and oxygen atoms in total. The van der Waals surface area contributed by atoms with E-state index in [1.165, 1.54) is 85.6 Å². The van der Waals surface area contributed by atoms with Crippen molar-refractivity contribution in [2.24, 2.45) is 0 Å². The Morgan fingerprint density at radius 1 is 0.707 bits per heavy atom. The lowest BCUT2D eigenvalue weighted by Gasteiger charge is -2.32. The van der Waals surface area contributed by atoms with Crippen molar-refractivity contribution in [3.63, 3.8) is 0 Å². The predicted molar refractivity (Wildman–Crippen MR) is 179 cm³/mol. The molecule has 41 heavy (non-hydrogen) atoms. The molecule has 2 heteroatoms. The SMILES string of the molecule is CCc1ccc(C2=CC3(C)c4cccc5c6c7c(cccc7c(c45)C3C=C2)-c2cc(-c3ccc(CC)s3)ccc2-6)s1. The molecule has 0 radical (unpaired) electrons. The minimum absolute atomic E-state index is 0.0636. The maximum Gasteiger partial charge on any atom is 0.0345 e. The molecule has 0 bridgehead atoms. The van der Waals surface area contributed by atoms with Crippen LogP contribution in [0.4, 0.5) is 0 Å². The van der Waals surface area contributed by atoms with Crippen LogP contribution in [0.1, 0.15) is 52.4 Å². The Bertz CT molecular complexity index is 2150. The zero-order chi connectivity index (χ0) is 27.5. The second kappa shape index (κ2) is 8.41. The Morgan fingerprint density at radius 2 is 1.46 bits per heavy atom. The number of benzene rings is 4. The Labute approximate surface area is 249 Å². The van der Waals surface area contributed by atoms with E-state index in [2.05, 4.69) is 118 Å². The highest BCUT2D eigenvalue weighted by atomic mass is 32.1. The lowest BCUT2D eigenvalue weighted by molar-refractivity contribution is 0.555. The summed E-state index contributed by atoms with van der Waals surface area (Å²) in [7, 11) is 0.